The van der Waals surface area contributed by atoms with Crippen molar-refractivity contribution in [3.63, 3.8) is 0 Å². The maximum absolute atomic E-state index is 13.3. The maximum Gasteiger partial charge on any atom is 0.421 e. The van der Waals surface area contributed by atoms with Crippen LogP contribution in [0.3, 0.4) is 0 Å². The molecule has 1 aliphatic rings. The SMILES string of the molecule is CCCCOc1nnc(N2CCC[C@@H]2CCC(=O)O)cc1C(F)(F)F. The normalized spacial score (nSPS) is 17.8. The zero-order valence-electron chi connectivity index (χ0n) is 14.1. The summed E-state index contributed by atoms with van der Waals surface area (Å²) in [5, 5.41) is 16.3. The minimum absolute atomic E-state index is 0.0288. The van der Waals surface area contributed by atoms with E-state index in [0.717, 1.165) is 25.3 Å². The van der Waals surface area contributed by atoms with Gasteiger partial charge in [0.1, 0.15) is 5.56 Å². The van der Waals surface area contributed by atoms with Gasteiger partial charge in [-0.05, 0) is 25.7 Å². The Morgan fingerprint density at radius 3 is 2.84 bits per heavy atom. The van der Waals surface area contributed by atoms with E-state index in [1.54, 1.807) is 4.90 Å². The topological polar surface area (TPSA) is 75.6 Å². The Labute approximate surface area is 144 Å². The molecule has 1 aliphatic heterocycles. The van der Waals surface area contributed by atoms with Crippen LogP contribution in [0.1, 0.15) is 51.0 Å². The zero-order valence-corrected chi connectivity index (χ0v) is 14.1. The highest BCUT2D eigenvalue weighted by molar-refractivity contribution is 5.66. The van der Waals surface area contributed by atoms with Crippen molar-refractivity contribution in [3.05, 3.63) is 11.6 Å². The quantitative estimate of drug-likeness (QED) is 0.714. The first-order valence-corrected chi connectivity index (χ1v) is 8.39. The molecule has 0 spiro atoms. The summed E-state index contributed by atoms with van der Waals surface area (Å²) in [7, 11) is 0. The molecule has 0 aliphatic carbocycles. The second-order valence-electron chi connectivity index (χ2n) is 6.04. The molecule has 25 heavy (non-hydrogen) atoms. The van der Waals surface area contributed by atoms with E-state index in [2.05, 4.69) is 10.2 Å². The van der Waals surface area contributed by atoms with Crippen LogP contribution in [0.15, 0.2) is 6.07 Å². The summed E-state index contributed by atoms with van der Waals surface area (Å²) in [5.41, 5.74) is -0.947. The van der Waals surface area contributed by atoms with Gasteiger partial charge < -0.3 is 14.7 Å². The summed E-state index contributed by atoms with van der Waals surface area (Å²) >= 11 is 0. The Kier molecular flexibility index (Phi) is 6.44. The molecule has 0 aromatic carbocycles. The van der Waals surface area contributed by atoms with E-state index in [4.69, 9.17) is 9.84 Å². The molecule has 6 nitrogen and oxygen atoms in total. The molecule has 0 amide bonds. The number of hydrogen-bond acceptors (Lipinski definition) is 5. The number of unbranched alkanes of at least 4 members (excludes halogenated alkanes) is 1. The molecule has 1 N–H and O–H groups in total. The van der Waals surface area contributed by atoms with Crippen molar-refractivity contribution >= 4 is 11.8 Å². The second-order valence-corrected chi connectivity index (χ2v) is 6.04. The van der Waals surface area contributed by atoms with Gasteiger partial charge in [0.25, 0.3) is 0 Å². The fraction of sp³-hybridized carbons (Fsp3) is 0.688. The van der Waals surface area contributed by atoms with Crippen molar-refractivity contribution in [2.75, 3.05) is 18.1 Å². The van der Waals surface area contributed by atoms with Crippen molar-refractivity contribution in [2.24, 2.45) is 0 Å². The molecule has 1 saturated heterocycles. The summed E-state index contributed by atoms with van der Waals surface area (Å²) < 4.78 is 45.1. The molecule has 1 aromatic rings. The number of carbonyl (C=O) groups is 1. The molecule has 0 radical (unpaired) electrons. The molecule has 0 unspecified atom stereocenters. The van der Waals surface area contributed by atoms with Gasteiger partial charge in [-0.15, -0.1) is 10.2 Å². The van der Waals surface area contributed by atoms with Gasteiger partial charge in [-0.2, -0.15) is 13.2 Å². The lowest BCUT2D eigenvalue weighted by atomic mass is 10.1. The van der Waals surface area contributed by atoms with E-state index in [0.29, 0.717) is 19.4 Å². The average molecular weight is 361 g/mol. The summed E-state index contributed by atoms with van der Waals surface area (Å²) in [4.78, 5) is 12.5. The first-order valence-electron chi connectivity index (χ1n) is 8.39. The summed E-state index contributed by atoms with van der Waals surface area (Å²) in [6, 6.07) is 0.811. The van der Waals surface area contributed by atoms with Crippen LogP contribution >= 0.6 is 0 Å². The Morgan fingerprint density at radius 1 is 1.44 bits per heavy atom. The van der Waals surface area contributed by atoms with Gasteiger partial charge >= 0.3 is 12.1 Å². The largest absolute Gasteiger partial charge is 0.481 e. The van der Waals surface area contributed by atoms with Crippen LogP contribution in [0.25, 0.3) is 0 Å². The number of nitrogens with zero attached hydrogens (tertiary/aromatic N) is 3. The Balaban J connectivity index is 2.21. The van der Waals surface area contributed by atoms with Crippen molar-refractivity contribution < 1.29 is 27.8 Å². The summed E-state index contributed by atoms with van der Waals surface area (Å²) in [6.45, 7) is 2.60. The van der Waals surface area contributed by atoms with Crippen molar-refractivity contribution in [1.29, 1.82) is 0 Å². The van der Waals surface area contributed by atoms with Crippen LogP contribution in [0, 0.1) is 0 Å². The Hall–Kier alpha value is -2.06. The van der Waals surface area contributed by atoms with E-state index in [-0.39, 0.29) is 24.9 Å². The van der Waals surface area contributed by atoms with Crippen molar-refractivity contribution in [1.82, 2.24) is 10.2 Å². The minimum atomic E-state index is -4.59. The number of anilines is 1. The monoisotopic (exact) mass is 361 g/mol. The molecular weight excluding hydrogens is 339 g/mol. The van der Waals surface area contributed by atoms with E-state index in [1.807, 2.05) is 6.92 Å². The number of halogens is 3. The highest BCUT2D eigenvalue weighted by Gasteiger charge is 2.37. The lowest BCUT2D eigenvalue weighted by Gasteiger charge is -2.25. The predicted molar refractivity (Wildman–Crippen MR) is 84.7 cm³/mol. The third kappa shape index (κ3) is 5.20. The van der Waals surface area contributed by atoms with E-state index < -0.39 is 23.6 Å². The van der Waals surface area contributed by atoms with E-state index in [1.165, 1.54) is 0 Å². The molecule has 140 valence electrons. The highest BCUT2D eigenvalue weighted by Crippen LogP contribution is 2.37. The van der Waals surface area contributed by atoms with Crippen LogP contribution in [-0.4, -0.2) is 40.5 Å². The lowest BCUT2D eigenvalue weighted by molar-refractivity contribution is -0.139. The van der Waals surface area contributed by atoms with Crippen molar-refractivity contribution in [2.45, 2.75) is 57.7 Å². The van der Waals surface area contributed by atoms with Gasteiger partial charge in [-0.1, -0.05) is 13.3 Å². The predicted octanol–water partition coefficient (Wildman–Crippen LogP) is 3.51. The van der Waals surface area contributed by atoms with Gasteiger partial charge in [0, 0.05) is 25.1 Å². The van der Waals surface area contributed by atoms with Gasteiger partial charge in [0.15, 0.2) is 5.82 Å². The number of hydrogen-bond donors (Lipinski definition) is 1. The third-order valence-corrected chi connectivity index (χ3v) is 4.15. The lowest BCUT2D eigenvalue weighted by Crippen LogP contribution is -2.31. The Bertz CT molecular complexity index is 596. The van der Waals surface area contributed by atoms with Crippen LogP contribution < -0.4 is 9.64 Å². The molecule has 0 saturated carbocycles. The number of aromatic nitrogens is 2. The number of carboxylic acids is 1. The molecule has 1 fully saturated rings. The number of aliphatic carboxylic acids is 1. The van der Waals surface area contributed by atoms with Gasteiger partial charge in [-0.25, -0.2) is 0 Å². The van der Waals surface area contributed by atoms with Gasteiger partial charge in [0.05, 0.1) is 6.61 Å². The average Bonchev–Trinajstić information content (AvgIpc) is 3.01. The number of ether oxygens (including phenoxy) is 1. The molecule has 1 aromatic heterocycles. The smallest absolute Gasteiger partial charge is 0.421 e. The fourth-order valence-corrected chi connectivity index (χ4v) is 2.86. The van der Waals surface area contributed by atoms with Gasteiger partial charge in [0.2, 0.25) is 5.88 Å². The zero-order chi connectivity index (χ0) is 18.4. The first kappa shape index (κ1) is 19.3. The van der Waals surface area contributed by atoms with Crippen molar-refractivity contribution in [3.8, 4) is 5.88 Å². The fourth-order valence-electron chi connectivity index (χ4n) is 2.86. The maximum atomic E-state index is 13.3. The van der Waals surface area contributed by atoms with Crippen LogP contribution in [-0.2, 0) is 11.0 Å². The highest BCUT2D eigenvalue weighted by atomic mass is 19.4. The molecule has 0 bridgehead atoms. The van der Waals surface area contributed by atoms with Crippen LogP contribution in [0.5, 0.6) is 5.88 Å². The number of rotatable bonds is 8. The van der Waals surface area contributed by atoms with E-state index in [9.17, 15) is 18.0 Å². The molecule has 1 atom stereocenters. The summed E-state index contributed by atoms with van der Waals surface area (Å²) in [5.74, 6) is -1.32. The number of carboxylic acid groups (broad SMARTS) is 1. The minimum Gasteiger partial charge on any atom is -0.481 e. The Morgan fingerprint density at radius 2 is 2.20 bits per heavy atom. The van der Waals surface area contributed by atoms with E-state index >= 15 is 0 Å². The second kappa shape index (κ2) is 8.35. The molecule has 2 rings (SSSR count). The summed E-state index contributed by atoms with van der Waals surface area (Å²) in [6.07, 6.45) is -1.32. The standard InChI is InChI=1S/C16H22F3N3O3/c1-2-3-9-25-15-12(16(17,18)19)10-13(20-21-15)22-8-4-5-11(22)6-7-14(23)24/h10-11H,2-9H2,1H3,(H,23,24)/t11-/m1/s1. The molecular formula is C16H22F3N3O3. The first-order chi connectivity index (χ1) is 11.8. The van der Waals surface area contributed by atoms with Crippen LogP contribution in [0.2, 0.25) is 0 Å². The molecule has 2 heterocycles. The number of alkyl halides is 3. The van der Waals surface area contributed by atoms with Crippen LogP contribution in [0.4, 0.5) is 19.0 Å². The van der Waals surface area contributed by atoms with Gasteiger partial charge in [-0.3, -0.25) is 4.79 Å². The third-order valence-electron chi connectivity index (χ3n) is 4.15. The molecule has 9 heteroatoms.